The van der Waals surface area contributed by atoms with Crippen LogP contribution in [-0.4, -0.2) is 6.29 Å². The van der Waals surface area contributed by atoms with Gasteiger partial charge in [-0.15, -0.1) is 0 Å². The number of alkyl halides is 4. The minimum atomic E-state index is -4.41. The quantitative estimate of drug-likeness (QED) is 0.582. The molecule has 0 aliphatic rings. The van der Waals surface area contributed by atoms with Gasteiger partial charge in [-0.2, -0.15) is 13.2 Å². The molecule has 0 amide bonds. The van der Waals surface area contributed by atoms with Crippen molar-refractivity contribution in [1.82, 2.24) is 0 Å². The van der Waals surface area contributed by atoms with Gasteiger partial charge in [-0.05, 0) is 23.8 Å². The van der Waals surface area contributed by atoms with Gasteiger partial charge in [-0.3, -0.25) is 0 Å². The lowest BCUT2D eigenvalue weighted by atomic mass is 10.1. The van der Waals surface area contributed by atoms with Crippen LogP contribution in [0.1, 0.15) is 16.0 Å². The van der Waals surface area contributed by atoms with Crippen LogP contribution < -0.4 is 0 Å². The molecular formula is C9H5Br2F3O. The van der Waals surface area contributed by atoms with Crippen molar-refractivity contribution in [3.05, 3.63) is 33.8 Å². The van der Waals surface area contributed by atoms with E-state index in [4.69, 9.17) is 0 Å². The van der Waals surface area contributed by atoms with Gasteiger partial charge in [0, 0.05) is 4.47 Å². The molecule has 0 bridgehead atoms. The van der Waals surface area contributed by atoms with E-state index in [0.29, 0.717) is 10.8 Å². The van der Waals surface area contributed by atoms with Crippen molar-refractivity contribution in [2.24, 2.45) is 0 Å². The van der Waals surface area contributed by atoms with E-state index >= 15 is 0 Å². The minimum Gasteiger partial charge on any atom is -0.302 e. The second kappa shape index (κ2) is 4.65. The number of hydrogen-bond donors (Lipinski definition) is 0. The highest BCUT2D eigenvalue weighted by Crippen LogP contribution is 2.34. The van der Waals surface area contributed by atoms with Crippen LogP contribution in [0.3, 0.4) is 0 Å². The first-order valence-corrected chi connectivity index (χ1v) is 5.52. The zero-order valence-electron chi connectivity index (χ0n) is 7.18. The number of aldehydes is 1. The molecule has 0 fully saturated rings. The van der Waals surface area contributed by atoms with Crippen LogP contribution in [-0.2, 0) is 11.0 Å². The lowest BCUT2D eigenvalue weighted by Crippen LogP contribution is -2.06. The monoisotopic (exact) mass is 344 g/mol. The van der Waals surface area contributed by atoms with Crippen molar-refractivity contribution in [2.45, 2.75) is 11.0 Å². The van der Waals surface area contributed by atoms with Gasteiger partial charge in [0.2, 0.25) is 0 Å². The Morgan fingerprint density at radius 2 is 1.87 bits per heavy atom. The molecule has 0 aliphatic carbocycles. The number of carbonyl (C=O) groups is 1. The summed E-state index contributed by atoms with van der Waals surface area (Å²) in [4.78, 5) is 9.71. The third kappa shape index (κ3) is 3.31. The molecule has 0 spiro atoms. The highest BCUT2D eigenvalue weighted by molar-refractivity contribution is 9.10. The number of carbonyl (C=O) groups excluding carboxylic acids is 1. The SMILES string of the molecule is O=CC(Br)c1cc(Br)cc(C(F)(F)F)c1. The lowest BCUT2D eigenvalue weighted by molar-refractivity contribution is -0.137. The smallest absolute Gasteiger partial charge is 0.302 e. The predicted octanol–water partition coefficient (Wildman–Crippen LogP) is 4.10. The van der Waals surface area contributed by atoms with Gasteiger partial charge >= 0.3 is 6.18 Å². The maximum atomic E-state index is 12.4. The zero-order valence-corrected chi connectivity index (χ0v) is 10.4. The fourth-order valence-electron chi connectivity index (χ4n) is 1.01. The standard InChI is InChI=1S/C9H5Br2F3O/c10-7-2-5(8(11)4-15)1-6(3-7)9(12,13)14/h1-4,8H. The van der Waals surface area contributed by atoms with Crippen LogP contribution in [0.25, 0.3) is 0 Å². The summed E-state index contributed by atoms with van der Waals surface area (Å²) >= 11 is 5.93. The summed E-state index contributed by atoms with van der Waals surface area (Å²) in [5, 5.41) is 0. The maximum absolute atomic E-state index is 12.4. The van der Waals surface area contributed by atoms with Crippen LogP contribution in [0, 0.1) is 0 Å². The first-order valence-electron chi connectivity index (χ1n) is 3.81. The molecule has 0 heterocycles. The molecule has 0 saturated carbocycles. The number of hydrogen-bond acceptors (Lipinski definition) is 1. The number of halogens is 5. The average molecular weight is 346 g/mol. The molecular weight excluding hydrogens is 341 g/mol. The van der Waals surface area contributed by atoms with E-state index in [-0.39, 0.29) is 5.56 Å². The zero-order chi connectivity index (χ0) is 11.6. The van der Waals surface area contributed by atoms with Crippen LogP contribution in [0.4, 0.5) is 13.2 Å². The molecule has 0 saturated heterocycles. The van der Waals surface area contributed by atoms with Crippen molar-refractivity contribution >= 4 is 38.1 Å². The normalized spacial score (nSPS) is 13.7. The van der Waals surface area contributed by atoms with Crippen LogP contribution >= 0.6 is 31.9 Å². The second-order valence-corrected chi connectivity index (χ2v) is 4.71. The second-order valence-electron chi connectivity index (χ2n) is 2.81. The summed E-state index contributed by atoms with van der Waals surface area (Å²) < 4.78 is 37.5. The van der Waals surface area contributed by atoms with E-state index in [1.54, 1.807) is 0 Å². The third-order valence-corrected chi connectivity index (χ3v) is 2.89. The topological polar surface area (TPSA) is 17.1 Å². The molecule has 1 rings (SSSR count). The Bertz CT molecular complexity index is 376. The Morgan fingerprint density at radius 3 is 2.33 bits per heavy atom. The number of benzene rings is 1. The van der Waals surface area contributed by atoms with E-state index in [9.17, 15) is 18.0 Å². The largest absolute Gasteiger partial charge is 0.416 e. The molecule has 1 unspecified atom stereocenters. The first kappa shape index (κ1) is 12.7. The Morgan fingerprint density at radius 1 is 1.27 bits per heavy atom. The van der Waals surface area contributed by atoms with Crippen molar-refractivity contribution in [1.29, 1.82) is 0 Å². The fraction of sp³-hybridized carbons (Fsp3) is 0.222. The lowest BCUT2D eigenvalue weighted by Gasteiger charge is -2.10. The fourth-order valence-corrected chi connectivity index (χ4v) is 1.79. The summed E-state index contributed by atoms with van der Waals surface area (Å²) in [5.74, 6) is 0. The Balaban J connectivity index is 3.22. The van der Waals surface area contributed by atoms with Gasteiger partial charge < -0.3 is 4.79 Å². The molecule has 0 aromatic heterocycles. The molecule has 1 atom stereocenters. The van der Waals surface area contributed by atoms with E-state index in [0.717, 1.165) is 12.1 Å². The predicted molar refractivity (Wildman–Crippen MR) is 56.9 cm³/mol. The molecule has 0 aliphatic heterocycles. The van der Waals surface area contributed by atoms with Gasteiger partial charge in [0.1, 0.15) is 6.29 Å². The van der Waals surface area contributed by atoms with E-state index in [2.05, 4.69) is 31.9 Å². The molecule has 1 nitrogen and oxygen atoms in total. The van der Waals surface area contributed by atoms with Crippen LogP contribution in [0.15, 0.2) is 22.7 Å². The van der Waals surface area contributed by atoms with Gasteiger partial charge in [-0.1, -0.05) is 31.9 Å². The molecule has 6 heteroatoms. The Labute approximate surface area is 101 Å². The van der Waals surface area contributed by atoms with Crippen LogP contribution in [0.2, 0.25) is 0 Å². The molecule has 0 radical (unpaired) electrons. The molecule has 82 valence electrons. The molecule has 1 aromatic carbocycles. The van der Waals surface area contributed by atoms with E-state index in [1.165, 1.54) is 6.07 Å². The highest BCUT2D eigenvalue weighted by Gasteiger charge is 2.31. The molecule has 1 aromatic rings. The summed E-state index contributed by atoms with van der Waals surface area (Å²) in [6.45, 7) is 0. The summed E-state index contributed by atoms with van der Waals surface area (Å²) in [6, 6.07) is 3.37. The molecule has 0 N–H and O–H groups in total. The van der Waals surface area contributed by atoms with Crippen molar-refractivity contribution < 1.29 is 18.0 Å². The molecule has 15 heavy (non-hydrogen) atoms. The average Bonchev–Trinajstić information content (AvgIpc) is 2.14. The van der Waals surface area contributed by atoms with Crippen molar-refractivity contribution in [2.75, 3.05) is 0 Å². The van der Waals surface area contributed by atoms with Crippen LogP contribution in [0.5, 0.6) is 0 Å². The van der Waals surface area contributed by atoms with E-state index < -0.39 is 16.6 Å². The number of rotatable bonds is 2. The third-order valence-electron chi connectivity index (χ3n) is 1.69. The Hall–Kier alpha value is -0.360. The Kier molecular flexibility index (Phi) is 3.94. The van der Waals surface area contributed by atoms with Gasteiger partial charge in [0.15, 0.2) is 0 Å². The van der Waals surface area contributed by atoms with Gasteiger partial charge in [0.25, 0.3) is 0 Å². The van der Waals surface area contributed by atoms with Crippen molar-refractivity contribution in [3.8, 4) is 0 Å². The maximum Gasteiger partial charge on any atom is 0.416 e. The highest BCUT2D eigenvalue weighted by atomic mass is 79.9. The minimum absolute atomic E-state index is 0.270. The van der Waals surface area contributed by atoms with Crippen molar-refractivity contribution in [3.63, 3.8) is 0 Å². The summed E-state index contributed by atoms with van der Waals surface area (Å²) in [6.07, 6.45) is -3.88. The van der Waals surface area contributed by atoms with Gasteiger partial charge in [-0.25, -0.2) is 0 Å². The van der Waals surface area contributed by atoms with Gasteiger partial charge in [0.05, 0.1) is 10.4 Å². The summed E-state index contributed by atoms with van der Waals surface area (Å²) in [5.41, 5.74) is -0.509. The first-order chi connectivity index (χ1) is 6.84. The van der Waals surface area contributed by atoms with E-state index in [1.807, 2.05) is 0 Å². The summed E-state index contributed by atoms with van der Waals surface area (Å²) in [7, 11) is 0.